The van der Waals surface area contributed by atoms with Crippen LogP contribution in [0.4, 0.5) is 5.69 Å². The number of nitrogens with one attached hydrogen (secondary N) is 1. The molecule has 0 atom stereocenters. The summed E-state index contributed by atoms with van der Waals surface area (Å²) in [4.78, 5) is 13.6. The van der Waals surface area contributed by atoms with E-state index in [-0.39, 0.29) is 12.5 Å². The highest BCUT2D eigenvalue weighted by Gasteiger charge is 2.08. The van der Waals surface area contributed by atoms with Crippen LogP contribution < -0.4 is 10.1 Å². The van der Waals surface area contributed by atoms with Gasteiger partial charge in [0, 0.05) is 19.3 Å². The number of benzene rings is 1. The number of carbonyl (C=O) groups is 1. The van der Waals surface area contributed by atoms with Crippen molar-refractivity contribution in [3.8, 4) is 5.75 Å². The Morgan fingerprint density at radius 1 is 1.47 bits per heavy atom. The second-order valence-electron chi connectivity index (χ2n) is 4.37. The monoisotopic (exact) mass is 284 g/mol. The van der Waals surface area contributed by atoms with Crippen LogP contribution in [-0.4, -0.2) is 38.1 Å². The van der Waals surface area contributed by atoms with Crippen LogP contribution in [-0.2, 0) is 4.79 Å². The number of hydrogen-bond acceptors (Lipinski definition) is 3. The smallest absolute Gasteiger partial charge is 0.241 e. The number of methoxy groups -OCH3 is 1. The van der Waals surface area contributed by atoms with E-state index in [2.05, 4.69) is 12.2 Å². The number of hydrogen-bond donors (Lipinski definition) is 1. The first-order chi connectivity index (χ1) is 9.08. The molecule has 0 unspecified atom stereocenters. The number of unbranched alkanes of at least 4 members (excludes halogenated alkanes) is 1. The average molecular weight is 285 g/mol. The summed E-state index contributed by atoms with van der Waals surface area (Å²) in [6.45, 7) is 3.17. The first kappa shape index (κ1) is 15.6. The van der Waals surface area contributed by atoms with E-state index in [1.165, 1.54) is 0 Å². The molecule has 5 heteroatoms. The zero-order valence-corrected chi connectivity index (χ0v) is 12.5. The van der Waals surface area contributed by atoms with Crippen molar-refractivity contribution < 1.29 is 9.53 Å². The van der Waals surface area contributed by atoms with E-state index in [1.54, 1.807) is 24.1 Å². The van der Waals surface area contributed by atoms with Gasteiger partial charge in [-0.05, 0) is 24.6 Å². The number of carbonyl (C=O) groups excluding carboxylic acids is 1. The van der Waals surface area contributed by atoms with Crippen molar-refractivity contribution in [2.45, 2.75) is 19.8 Å². The van der Waals surface area contributed by atoms with Crippen LogP contribution in [0.25, 0.3) is 0 Å². The van der Waals surface area contributed by atoms with Crippen molar-refractivity contribution in [2.75, 3.05) is 32.6 Å². The quantitative estimate of drug-likeness (QED) is 0.837. The molecule has 0 aliphatic carbocycles. The number of amides is 1. The highest BCUT2D eigenvalue weighted by Crippen LogP contribution is 2.26. The van der Waals surface area contributed by atoms with Gasteiger partial charge in [-0.25, -0.2) is 0 Å². The van der Waals surface area contributed by atoms with Gasteiger partial charge < -0.3 is 15.0 Å². The van der Waals surface area contributed by atoms with Crippen LogP contribution >= 0.6 is 11.6 Å². The van der Waals surface area contributed by atoms with E-state index in [4.69, 9.17) is 16.3 Å². The molecule has 0 aliphatic heterocycles. The topological polar surface area (TPSA) is 41.6 Å². The first-order valence-electron chi connectivity index (χ1n) is 6.39. The van der Waals surface area contributed by atoms with Gasteiger partial charge in [0.1, 0.15) is 5.75 Å². The van der Waals surface area contributed by atoms with E-state index in [0.29, 0.717) is 10.8 Å². The lowest BCUT2D eigenvalue weighted by atomic mass is 10.3. The van der Waals surface area contributed by atoms with Gasteiger partial charge in [0.05, 0.1) is 18.7 Å². The number of rotatable bonds is 7. The fraction of sp³-hybridized carbons (Fsp3) is 0.500. The molecule has 0 heterocycles. The van der Waals surface area contributed by atoms with Crippen LogP contribution in [0.3, 0.4) is 0 Å². The number of halogens is 1. The molecule has 0 fully saturated rings. The van der Waals surface area contributed by atoms with E-state index in [1.807, 2.05) is 13.1 Å². The fourth-order valence-electron chi connectivity index (χ4n) is 1.61. The lowest BCUT2D eigenvalue weighted by Crippen LogP contribution is -2.32. The zero-order valence-electron chi connectivity index (χ0n) is 11.7. The Labute approximate surface area is 119 Å². The average Bonchev–Trinajstić information content (AvgIpc) is 2.42. The van der Waals surface area contributed by atoms with Crippen LogP contribution in [0.1, 0.15) is 19.8 Å². The van der Waals surface area contributed by atoms with Crippen molar-refractivity contribution in [3.63, 3.8) is 0 Å². The van der Waals surface area contributed by atoms with Crippen LogP contribution in [0.5, 0.6) is 5.75 Å². The molecular formula is C14H21ClN2O2. The summed E-state index contributed by atoms with van der Waals surface area (Å²) in [7, 11) is 3.39. The van der Waals surface area contributed by atoms with Gasteiger partial charge >= 0.3 is 0 Å². The number of anilines is 1. The summed E-state index contributed by atoms with van der Waals surface area (Å²) in [6, 6.07) is 5.36. The molecule has 1 aromatic rings. The molecule has 1 amide bonds. The highest BCUT2D eigenvalue weighted by atomic mass is 35.5. The molecule has 0 radical (unpaired) electrons. The molecule has 0 bridgehead atoms. The largest absolute Gasteiger partial charge is 0.495 e. The van der Waals surface area contributed by atoms with E-state index in [0.717, 1.165) is 25.1 Å². The van der Waals surface area contributed by atoms with Crippen LogP contribution in [0.15, 0.2) is 18.2 Å². The summed E-state index contributed by atoms with van der Waals surface area (Å²) in [6.07, 6.45) is 2.11. The third kappa shape index (κ3) is 4.99. The van der Waals surface area contributed by atoms with Gasteiger partial charge in [0.15, 0.2) is 0 Å². The molecule has 4 nitrogen and oxygen atoms in total. The fourth-order valence-corrected chi connectivity index (χ4v) is 1.87. The van der Waals surface area contributed by atoms with Gasteiger partial charge in [-0.2, -0.15) is 0 Å². The summed E-state index contributed by atoms with van der Waals surface area (Å²) >= 11 is 6.02. The zero-order chi connectivity index (χ0) is 14.3. The van der Waals surface area contributed by atoms with E-state index < -0.39 is 0 Å². The molecule has 19 heavy (non-hydrogen) atoms. The second-order valence-corrected chi connectivity index (χ2v) is 4.78. The molecule has 106 valence electrons. The van der Waals surface area contributed by atoms with Gasteiger partial charge in [-0.1, -0.05) is 24.9 Å². The maximum Gasteiger partial charge on any atom is 0.241 e. The number of likely N-dealkylation sites (N-methyl/N-ethyl adjacent to an activating group) is 1. The lowest BCUT2D eigenvalue weighted by Gasteiger charge is -2.17. The maximum absolute atomic E-state index is 11.8. The molecule has 1 N–H and O–H groups in total. The molecule has 1 aromatic carbocycles. The highest BCUT2D eigenvalue weighted by molar-refractivity contribution is 6.32. The van der Waals surface area contributed by atoms with Crippen molar-refractivity contribution in [1.29, 1.82) is 0 Å². The van der Waals surface area contributed by atoms with Crippen molar-refractivity contribution in [3.05, 3.63) is 23.2 Å². The van der Waals surface area contributed by atoms with Crippen molar-refractivity contribution in [2.24, 2.45) is 0 Å². The van der Waals surface area contributed by atoms with Crippen molar-refractivity contribution in [1.82, 2.24) is 4.90 Å². The summed E-state index contributed by atoms with van der Waals surface area (Å²) in [5.74, 6) is 0.694. The Bertz CT molecular complexity index is 424. The Kier molecular flexibility index (Phi) is 6.50. The minimum atomic E-state index is 0.0698. The SMILES string of the molecule is CCCCN(C)C(=O)CNc1ccc(OC)c(Cl)c1. The molecule has 0 saturated carbocycles. The third-order valence-corrected chi connectivity index (χ3v) is 3.16. The van der Waals surface area contributed by atoms with Crippen LogP contribution in [0, 0.1) is 0 Å². The number of nitrogens with zero attached hydrogens (tertiary/aromatic N) is 1. The Balaban J connectivity index is 2.48. The van der Waals surface area contributed by atoms with Gasteiger partial charge in [-0.3, -0.25) is 4.79 Å². The standard InChI is InChI=1S/C14H21ClN2O2/c1-4-5-8-17(2)14(18)10-16-11-6-7-13(19-3)12(15)9-11/h6-7,9,16H,4-5,8,10H2,1-3H3. The van der Waals surface area contributed by atoms with Gasteiger partial charge in [0.25, 0.3) is 0 Å². The van der Waals surface area contributed by atoms with Gasteiger partial charge in [-0.15, -0.1) is 0 Å². The molecule has 0 spiro atoms. The minimum Gasteiger partial charge on any atom is -0.495 e. The predicted molar refractivity (Wildman–Crippen MR) is 79.0 cm³/mol. The Morgan fingerprint density at radius 3 is 2.79 bits per heavy atom. The molecular weight excluding hydrogens is 264 g/mol. The summed E-state index contributed by atoms with van der Waals surface area (Å²) in [5.41, 5.74) is 0.808. The molecule has 0 aromatic heterocycles. The Hall–Kier alpha value is -1.42. The van der Waals surface area contributed by atoms with Gasteiger partial charge in [0.2, 0.25) is 5.91 Å². The van der Waals surface area contributed by atoms with Crippen molar-refractivity contribution >= 4 is 23.2 Å². The third-order valence-electron chi connectivity index (χ3n) is 2.87. The molecule has 0 saturated heterocycles. The summed E-state index contributed by atoms with van der Waals surface area (Å²) < 4.78 is 5.07. The van der Waals surface area contributed by atoms with E-state index >= 15 is 0 Å². The maximum atomic E-state index is 11.8. The molecule has 0 aliphatic rings. The normalized spacial score (nSPS) is 10.1. The van der Waals surface area contributed by atoms with E-state index in [9.17, 15) is 4.79 Å². The predicted octanol–water partition coefficient (Wildman–Crippen LogP) is 3.02. The first-order valence-corrected chi connectivity index (χ1v) is 6.77. The molecule has 1 rings (SSSR count). The Morgan fingerprint density at radius 2 is 2.21 bits per heavy atom. The summed E-state index contributed by atoms with van der Waals surface area (Å²) in [5, 5.41) is 3.59. The minimum absolute atomic E-state index is 0.0698. The second kappa shape index (κ2) is 7.89. The lowest BCUT2D eigenvalue weighted by molar-refractivity contribution is -0.128. The van der Waals surface area contributed by atoms with Crippen LogP contribution in [0.2, 0.25) is 5.02 Å². The number of ether oxygens (including phenoxy) is 1.